The number of allylic oxidation sites excluding steroid dienone is 3. The highest BCUT2D eigenvalue weighted by Crippen LogP contribution is 2.32. The van der Waals surface area contributed by atoms with Crippen LogP contribution in [0.2, 0.25) is 0 Å². The van der Waals surface area contributed by atoms with Crippen molar-refractivity contribution in [3.8, 4) is 0 Å². The van der Waals surface area contributed by atoms with Gasteiger partial charge in [-0.05, 0) is 50.8 Å². The number of rotatable bonds is 1. The number of hydrogen-bond acceptors (Lipinski definition) is 1. The van der Waals surface area contributed by atoms with Crippen molar-refractivity contribution >= 4 is 0 Å². The van der Waals surface area contributed by atoms with E-state index in [9.17, 15) is 5.11 Å². The topological polar surface area (TPSA) is 20.2 Å². The van der Waals surface area contributed by atoms with Crippen LogP contribution in [-0.4, -0.2) is 11.2 Å². The van der Waals surface area contributed by atoms with E-state index in [-0.39, 0.29) is 6.10 Å². The molecule has 11 heavy (non-hydrogen) atoms. The molecular formula is C10H16O. The summed E-state index contributed by atoms with van der Waals surface area (Å²) in [6.45, 7) is 8.19. The lowest BCUT2D eigenvalue weighted by Crippen LogP contribution is -2.04. The molecule has 0 heterocycles. The van der Waals surface area contributed by atoms with Gasteiger partial charge in [0, 0.05) is 0 Å². The summed E-state index contributed by atoms with van der Waals surface area (Å²) in [7, 11) is 0. The van der Waals surface area contributed by atoms with Crippen LogP contribution in [0.5, 0.6) is 0 Å². The second-order valence-electron chi connectivity index (χ2n) is 3.41. The molecule has 0 amide bonds. The van der Waals surface area contributed by atoms with Crippen molar-refractivity contribution < 1.29 is 5.11 Å². The van der Waals surface area contributed by atoms with Gasteiger partial charge in [0.1, 0.15) is 0 Å². The molecule has 0 aromatic carbocycles. The normalized spacial score (nSPS) is 21.5. The third-order valence-electron chi connectivity index (χ3n) is 2.64. The summed E-state index contributed by atoms with van der Waals surface area (Å²) in [5.74, 6) is 0. The van der Waals surface area contributed by atoms with Gasteiger partial charge < -0.3 is 5.11 Å². The molecule has 1 heteroatoms. The molecule has 1 aliphatic carbocycles. The molecular weight excluding hydrogens is 136 g/mol. The van der Waals surface area contributed by atoms with Crippen LogP contribution in [-0.2, 0) is 0 Å². The van der Waals surface area contributed by atoms with E-state index >= 15 is 0 Å². The van der Waals surface area contributed by atoms with Crippen LogP contribution in [0.25, 0.3) is 0 Å². The van der Waals surface area contributed by atoms with E-state index in [0.29, 0.717) is 0 Å². The average Bonchev–Trinajstić information content (AvgIpc) is 2.17. The smallest absolute Gasteiger partial charge is 0.0730 e. The van der Waals surface area contributed by atoms with Gasteiger partial charge in [-0.1, -0.05) is 5.57 Å². The zero-order valence-electron chi connectivity index (χ0n) is 7.73. The first kappa shape index (κ1) is 8.54. The van der Waals surface area contributed by atoms with Crippen molar-refractivity contribution in [3.05, 3.63) is 22.3 Å². The maximum absolute atomic E-state index is 9.37. The zero-order chi connectivity index (χ0) is 8.59. The minimum atomic E-state index is -0.276. The predicted octanol–water partition coefficient (Wildman–Crippen LogP) is 2.42. The van der Waals surface area contributed by atoms with Crippen LogP contribution in [0.4, 0.5) is 0 Å². The Morgan fingerprint density at radius 2 is 1.73 bits per heavy atom. The third-order valence-corrected chi connectivity index (χ3v) is 2.64. The second-order valence-corrected chi connectivity index (χ2v) is 3.41. The SMILES string of the molecule is CC1=C(C)C(C)=C(C(C)O)C1. The largest absolute Gasteiger partial charge is 0.389 e. The van der Waals surface area contributed by atoms with E-state index in [2.05, 4.69) is 20.8 Å². The number of hydrogen-bond donors (Lipinski definition) is 1. The van der Waals surface area contributed by atoms with Gasteiger partial charge in [0.15, 0.2) is 0 Å². The van der Waals surface area contributed by atoms with Gasteiger partial charge >= 0.3 is 0 Å². The Morgan fingerprint density at radius 3 is 1.91 bits per heavy atom. The number of aliphatic hydroxyl groups is 1. The second kappa shape index (κ2) is 2.82. The third kappa shape index (κ3) is 1.38. The zero-order valence-corrected chi connectivity index (χ0v) is 7.73. The fourth-order valence-corrected chi connectivity index (χ4v) is 1.57. The molecule has 1 atom stereocenters. The lowest BCUT2D eigenvalue weighted by molar-refractivity contribution is 0.228. The van der Waals surface area contributed by atoms with E-state index in [1.54, 1.807) is 0 Å². The maximum Gasteiger partial charge on any atom is 0.0730 e. The van der Waals surface area contributed by atoms with Crippen LogP contribution < -0.4 is 0 Å². The van der Waals surface area contributed by atoms with Crippen LogP contribution >= 0.6 is 0 Å². The molecule has 1 nitrogen and oxygen atoms in total. The Balaban J connectivity index is 2.93. The molecule has 0 radical (unpaired) electrons. The fourth-order valence-electron chi connectivity index (χ4n) is 1.57. The molecule has 0 fully saturated rings. The molecule has 0 saturated heterocycles. The standard InChI is InChI=1S/C10H16O/c1-6-5-10(9(4)11)8(3)7(6)2/h9,11H,5H2,1-4H3. The molecule has 1 N–H and O–H groups in total. The average molecular weight is 152 g/mol. The van der Waals surface area contributed by atoms with E-state index in [4.69, 9.17) is 0 Å². The van der Waals surface area contributed by atoms with Gasteiger partial charge in [-0.25, -0.2) is 0 Å². The van der Waals surface area contributed by atoms with Gasteiger partial charge in [-0.2, -0.15) is 0 Å². The molecule has 0 aromatic rings. The first-order chi connectivity index (χ1) is 5.04. The first-order valence-corrected chi connectivity index (χ1v) is 4.08. The van der Waals surface area contributed by atoms with Crippen molar-refractivity contribution in [2.75, 3.05) is 0 Å². The van der Waals surface area contributed by atoms with Crippen LogP contribution in [0, 0.1) is 0 Å². The monoisotopic (exact) mass is 152 g/mol. The van der Waals surface area contributed by atoms with Crippen molar-refractivity contribution in [1.82, 2.24) is 0 Å². The summed E-state index contributed by atoms with van der Waals surface area (Å²) in [6.07, 6.45) is 0.692. The van der Waals surface area contributed by atoms with E-state index in [1.165, 1.54) is 22.3 Å². The Labute approximate surface area is 68.4 Å². The molecule has 0 aliphatic heterocycles. The summed E-state index contributed by atoms with van der Waals surface area (Å²) in [5, 5.41) is 9.37. The van der Waals surface area contributed by atoms with Crippen molar-refractivity contribution in [2.24, 2.45) is 0 Å². The molecule has 0 spiro atoms. The van der Waals surface area contributed by atoms with Crippen molar-refractivity contribution in [3.63, 3.8) is 0 Å². The van der Waals surface area contributed by atoms with Crippen LogP contribution in [0.1, 0.15) is 34.1 Å². The minimum absolute atomic E-state index is 0.276. The predicted molar refractivity (Wildman–Crippen MR) is 47.4 cm³/mol. The lowest BCUT2D eigenvalue weighted by Gasteiger charge is -2.07. The molecule has 1 rings (SSSR count). The maximum atomic E-state index is 9.37. The minimum Gasteiger partial charge on any atom is -0.389 e. The lowest BCUT2D eigenvalue weighted by atomic mass is 10.1. The van der Waals surface area contributed by atoms with Gasteiger partial charge in [0.05, 0.1) is 6.10 Å². The highest BCUT2D eigenvalue weighted by Gasteiger charge is 2.18. The summed E-state index contributed by atoms with van der Waals surface area (Å²) in [4.78, 5) is 0. The quantitative estimate of drug-likeness (QED) is 0.611. The highest BCUT2D eigenvalue weighted by atomic mass is 16.3. The summed E-state index contributed by atoms with van der Waals surface area (Å²) < 4.78 is 0. The summed E-state index contributed by atoms with van der Waals surface area (Å²) in [5.41, 5.74) is 5.25. The molecule has 0 bridgehead atoms. The first-order valence-electron chi connectivity index (χ1n) is 4.08. The molecule has 0 aromatic heterocycles. The molecule has 62 valence electrons. The van der Waals surface area contributed by atoms with E-state index in [0.717, 1.165) is 6.42 Å². The Kier molecular flexibility index (Phi) is 2.19. The van der Waals surface area contributed by atoms with Gasteiger partial charge in [0.25, 0.3) is 0 Å². The Bertz CT molecular complexity index is 231. The van der Waals surface area contributed by atoms with Gasteiger partial charge in [0.2, 0.25) is 0 Å². The summed E-state index contributed by atoms with van der Waals surface area (Å²) >= 11 is 0. The fraction of sp³-hybridized carbons (Fsp3) is 0.600. The van der Waals surface area contributed by atoms with Crippen LogP contribution in [0.15, 0.2) is 22.3 Å². The van der Waals surface area contributed by atoms with E-state index in [1.807, 2.05) is 6.92 Å². The van der Waals surface area contributed by atoms with Gasteiger partial charge in [-0.3, -0.25) is 0 Å². The summed E-state index contributed by atoms with van der Waals surface area (Å²) in [6, 6.07) is 0. The van der Waals surface area contributed by atoms with Crippen LogP contribution in [0.3, 0.4) is 0 Å². The van der Waals surface area contributed by atoms with Gasteiger partial charge in [-0.15, -0.1) is 0 Å². The number of aliphatic hydroxyl groups excluding tert-OH is 1. The molecule has 1 aliphatic rings. The van der Waals surface area contributed by atoms with Crippen molar-refractivity contribution in [2.45, 2.75) is 40.2 Å². The molecule has 0 saturated carbocycles. The molecule has 1 unspecified atom stereocenters. The van der Waals surface area contributed by atoms with E-state index < -0.39 is 0 Å². The highest BCUT2D eigenvalue weighted by molar-refractivity contribution is 5.45. The Hall–Kier alpha value is -0.560. The van der Waals surface area contributed by atoms with Crippen molar-refractivity contribution in [1.29, 1.82) is 0 Å². The Morgan fingerprint density at radius 1 is 1.18 bits per heavy atom.